The van der Waals surface area contributed by atoms with Crippen molar-refractivity contribution in [1.82, 2.24) is 10.2 Å². The molecule has 0 aliphatic carbocycles. The summed E-state index contributed by atoms with van der Waals surface area (Å²) < 4.78 is 19.1. The van der Waals surface area contributed by atoms with Crippen LogP contribution in [0.1, 0.15) is 24.8 Å². The standard InChI is InChI=1S/C17H21FN2O4/c18-13-3-1-2-12(8-13)17(4-6-24-7-5-17)11-20-15(22)9-14(10-21)19-16(20)23/h1-3,8,14,21H,4-7,9-11H2,(H,19,23). The van der Waals surface area contributed by atoms with Crippen LogP contribution in [0.25, 0.3) is 0 Å². The first kappa shape index (κ1) is 16.9. The number of rotatable bonds is 4. The van der Waals surface area contributed by atoms with Gasteiger partial charge in [0.05, 0.1) is 12.6 Å². The van der Waals surface area contributed by atoms with Gasteiger partial charge >= 0.3 is 6.03 Å². The first-order valence-electron chi connectivity index (χ1n) is 8.10. The van der Waals surface area contributed by atoms with Gasteiger partial charge in [-0.3, -0.25) is 9.69 Å². The SMILES string of the molecule is O=C1CC(CO)NC(=O)N1CC1(c2cccc(F)c2)CCOCC1. The maximum atomic E-state index is 13.7. The number of hydrogen-bond donors (Lipinski definition) is 2. The topological polar surface area (TPSA) is 78.9 Å². The lowest BCUT2D eigenvalue weighted by atomic mass is 9.73. The normalized spacial score (nSPS) is 23.9. The van der Waals surface area contributed by atoms with E-state index >= 15 is 0 Å². The molecule has 7 heteroatoms. The molecule has 2 saturated heterocycles. The van der Waals surface area contributed by atoms with Crippen LogP contribution in [0.5, 0.6) is 0 Å². The van der Waals surface area contributed by atoms with Gasteiger partial charge in [0.25, 0.3) is 0 Å². The van der Waals surface area contributed by atoms with Gasteiger partial charge < -0.3 is 15.2 Å². The number of aliphatic hydroxyl groups is 1. The van der Waals surface area contributed by atoms with Crippen molar-refractivity contribution in [2.45, 2.75) is 30.7 Å². The second-order valence-electron chi connectivity index (χ2n) is 6.42. The number of hydrogen-bond acceptors (Lipinski definition) is 4. The third-order valence-electron chi connectivity index (χ3n) is 4.86. The highest BCUT2D eigenvalue weighted by atomic mass is 19.1. The summed E-state index contributed by atoms with van der Waals surface area (Å²) in [5.74, 6) is -0.659. The Balaban J connectivity index is 1.87. The van der Waals surface area contributed by atoms with Crippen molar-refractivity contribution >= 4 is 11.9 Å². The number of halogens is 1. The largest absolute Gasteiger partial charge is 0.394 e. The van der Waals surface area contributed by atoms with Gasteiger partial charge in [0.1, 0.15) is 5.82 Å². The highest BCUT2D eigenvalue weighted by Gasteiger charge is 2.41. The molecule has 3 amide bonds. The van der Waals surface area contributed by atoms with Crippen molar-refractivity contribution < 1.29 is 23.8 Å². The zero-order valence-electron chi connectivity index (χ0n) is 13.3. The van der Waals surface area contributed by atoms with E-state index in [1.807, 2.05) is 6.07 Å². The second-order valence-corrected chi connectivity index (χ2v) is 6.42. The predicted octanol–water partition coefficient (Wildman–Crippen LogP) is 1.18. The van der Waals surface area contributed by atoms with Gasteiger partial charge in [-0.15, -0.1) is 0 Å². The third-order valence-corrected chi connectivity index (χ3v) is 4.86. The van der Waals surface area contributed by atoms with E-state index in [4.69, 9.17) is 9.84 Å². The molecule has 0 bridgehead atoms. The molecular weight excluding hydrogens is 315 g/mol. The van der Waals surface area contributed by atoms with E-state index in [1.54, 1.807) is 6.07 Å². The first-order valence-corrected chi connectivity index (χ1v) is 8.10. The van der Waals surface area contributed by atoms with Crippen molar-refractivity contribution in [3.8, 4) is 0 Å². The monoisotopic (exact) mass is 336 g/mol. The molecule has 6 nitrogen and oxygen atoms in total. The molecule has 2 heterocycles. The maximum Gasteiger partial charge on any atom is 0.324 e. The Labute approximate surface area is 139 Å². The van der Waals surface area contributed by atoms with Gasteiger partial charge in [0.15, 0.2) is 0 Å². The molecule has 1 aromatic rings. The summed E-state index contributed by atoms with van der Waals surface area (Å²) in [7, 11) is 0. The molecule has 2 N–H and O–H groups in total. The summed E-state index contributed by atoms with van der Waals surface area (Å²) in [6, 6.07) is 5.27. The Morgan fingerprint density at radius 1 is 1.33 bits per heavy atom. The van der Waals surface area contributed by atoms with Crippen LogP contribution in [0.2, 0.25) is 0 Å². The number of aliphatic hydroxyl groups excluding tert-OH is 1. The zero-order chi connectivity index (χ0) is 17.2. The fourth-order valence-electron chi connectivity index (χ4n) is 3.43. The minimum Gasteiger partial charge on any atom is -0.394 e. The molecular formula is C17H21FN2O4. The maximum absolute atomic E-state index is 13.7. The van der Waals surface area contributed by atoms with Gasteiger partial charge in [-0.25, -0.2) is 9.18 Å². The number of imide groups is 1. The molecule has 0 saturated carbocycles. The van der Waals surface area contributed by atoms with Gasteiger partial charge in [-0.1, -0.05) is 12.1 Å². The summed E-state index contributed by atoms with van der Waals surface area (Å²) in [6.45, 7) is 0.912. The average Bonchev–Trinajstić information content (AvgIpc) is 2.59. The third kappa shape index (κ3) is 3.27. The van der Waals surface area contributed by atoms with Crippen molar-refractivity contribution in [1.29, 1.82) is 0 Å². The Morgan fingerprint density at radius 3 is 2.71 bits per heavy atom. The zero-order valence-corrected chi connectivity index (χ0v) is 13.3. The van der Waals surface area contributed by atoms with Gasteiger partial charge in [0, 0.05) is 31.6 Å². The van der Waals surface area contributed by atoms with Crippen LogP contribution < -0.4 is 5.32 Å². The molecule has 0 radical (unpaired) electrons. The minimum atomic E-state index is -0.541. The van der Waals surface area contributed by atoms with Crippen LogP contribution in [0.4, 0.5) is 9.18 Å². The molecule has 1 unspecified atom stereocenters. The highest BCUT2D eigenvalue weighted by molar-refractivity contribution is 5.97. The summed E-state index contributed by atoms with van der Waals surface area (Å²) in [6.07, 6.45) is 1.28. The Morgan fingerprint density at radius 2 is 2.08 bits per heavy atom. The highest BCUT2D eigenvalue weighted by Crippen LogP contribution is 2.36. The summed E-state index contributed by atoms with van der Waals surface area (Å²) >= 11 is 0. The number of urea groups is 1. The van der Waals surface area contributed by atoms with Crippen molar-refractivity contribution in [3.63, 3.8) is 0 Å². The molecule has 24 heavy (non-hydrogen) atoms. The lowest BCUT2D eigenvalue weighted by Gasteiger charge is -2.42. The summed E-state index contributed by atoms with van der Waals surface area (Å²) in [5.41, 5.74) is 0.259. The molecule has 2 fully saturated rings. The van der Waals surface area contributed by atoms with E-state index < -0.39 is 17.5 Å². The smallest absolute Gasteiger partial charge is 0.324 e. The van der Waals surface area contributed by atoms with E-state index in [-0.39, 0.29) is 31.3 Å². The van der Waals surface area contributed by atoms with Crippen molar-refractivity contribution in [3.05, 3.63) is 35.6 Å². The molecule has 0 spiro atoms. The fraction of sp³-hybridized carbons (Fsp3) is 0.529. The second kappa shape index (κ2) is 6.86. The molecule has 1 atom stereocenters. The molecule has 1 aromatic carbocycles. The van der Waals surface area contributed by atoms with Gasteiger partial charge in [-0.2, -0.15) is 0 Å². The molecule has 0 aromatic heterocycles. The molecule has 130 valence electrons. The van der Waals surface area contributed by atoms with Crippen molar-refractivity contribution in [2.24, 2.45) is 0 Å². The number of carbonyl (C=O) groups is 2. The number of nitrogens with one attached hydrogen (secondary N) is 1. The van der Waals surface area contributed by atoms with Crippen molar-refractivity contribution in [2.75, 3.05) is 26.4 Å². The lowest BCUT2D eigenvalue weighted by molar-refractivity contribution is -0.131. The number of carbonyl (C=O) groups excluding carboxylic acids is 2. The van der Waals surface area contributed by atoms with Crippen LogP contribution in [0.15, 0.2) is 24.3 Å². The average molecular weight is 336 g/mol. The van der Waals surface area contributed by atoms with Gasteiger partial charge in [0.2, 0.25) is 5.91 Å². The van der Waals surface area contributed by atoms with E-state index in [9.17, 15) is 14.0 Å². The van der Waals surface area contributed by atoms with Crippen LogP contribution in [-0.2, 0) is 14.9 Å². The lowest BCUT2D eigenvalue weighted by Crippen LogP contribution is -2.59. The Hall–Kier alpha value is -1.99. The van der Waals surface area contributed by atoms with Crippen LogP contribution in [-0.4, -0.2) is 54.4 Å². The van der Waals surface area contributed by atoms with Crippen LogP contribution in [0, 0.1) is 5.82 Å². The summed E-state index contributed by atoms with van der Waals surface area (Å²) in [5, 5.41) is 11.8. The Kier molecular flexibility index (Phi) is 4.82. The molecule has 3 rings (SSSR count). The number of ether oxygens (including phenoxy) is 1. The Bertz CT molecular complexity index is 613. The minimum absolute atomic E-state index is 0.0674. The molecule has 2 aliphatic rings. The number of amides is 3. The fourth-order valence-corrected chi connectivity index (χ4v) is 3.43. The number of benzene rings is 1. The van der Waals surface area contributed by atoms with E-state index in [1.165, 1.54) is 17.0 Å². The van der Waals surface area contributed by atoms with E-state index in [2.05, 4.69) is 5.32 Å². The van der Waals surface area contributed by atoms with Crippen LogP contribution in [0.3, 0.4) is 0 Å². The van der Waals surface area contributed by atoms with E-state index in [0.717, 1.165) is 5.56 Å². The molecule has 2 aliphatic heterocycles. The predicted molar refractivity (Wildman–Crippen MR) is 83.9 cm³/mol. The first-order chi connectivity index (χ1) is 11.5. The van der Waals surface area contributed by atoms with Gasteiger partial charge in [-0.05, 0) is 30.5 Å². The number of nitrogens with zero attached hydrogens (tertiary/aromatic N) is 1. The summed E-state index contributed by atoms with van der Waals surface area (Å²) in [4.78, 5) is 25.8. The van der Waals surface area contributed by atoms with E-state index in [0.29, 0.717) is 26.1 Å². The quantitative estimate of drug-likeness (QED) is 0.865. The van der Waals surface area contributed by atoms with Crippen LogP contribution >= 0.6 is 0 Å².